The standard InChI is InChI=1S/C14H28N2O6/c1-5-19-13(20-6-2,10-9-11(15)17)14(12(16)18,21-7-3)22-8-4/h5-10H2,1-4H3,(H2,15,17)(H2,16,18). The van der Waals surface area contributed by atoms with Crippen molar-refractivity contribution in [2.75, 3.05) is 26.4 Å². The van der Waals surface area contributed by atoms with Crippen molar-refractivity contribution in [2.45, 2.75) is 52.1 Å². The van der Waals surface area contributed by atoms with Crippen LogP contribution in [0, 0.1) is 0 Å². The average Bonchev–Trinajstić information content (AvgIpc) is 2.44. The lowest BCUT2D eigenvalue weighted by molar-refractivity contribution is -0.390. The first-order valence-corrected chi connectivity index (χ1v) is 7.49. The molecule has 0 saturated carbocycles. The highest BCUT2D eigenvalue weighted by Crippen LogP contribution is 2.37. The molecule has 0 aliphatic carbocycles. The van der Waals surface area contributed by atoms with Crippen LogP contribution in [0.25, 0.3) is 0 Å². The summed E-state index contributed by atoms with van der Waals surface area (Å²) in [6.45, 7) is 7.51. The van der Waals surface area contributed by atoms with Crippen LogP contribution < -0.4 is 11.5 Å². The highest BCUT2D eigenvalue weighted by atomic mass is 16.8. The zero-order valence-corrected chi connectivity index (χ0v) is 13.8. The van der Waals surface area contributed by atoms with Gasteiger partial charge in [0.05, 0.1) is 0 Å². The third-order valence-electron chi connectivity index (χ3n) is 2.98. The molecule has 0 heterocycles. The van der Waals surface area contributed by atoms with Crippen molar-refractivity contribution in [1.82, 2.24) is 0 Å². The van der Waals surface area contributed by atoms with E-state index in [4.69, 9.17) is 30.4 Å². The lowest BCUT2D eigenvalue weighted by atomic mass is 9.97. The molecule has 0 bridgehead atoms. The first kappa shape index (κ1) is 20.8. The Morgan fingerprint density at radius 2 is 1.23 bits per heavy atom. The summed E-state index contributed by atoms with van der Waals surface area (Å²) >= 11 is 0. The molecule has 0 aromatic heterocycles. The first-order chi connectivity index (χ1) is 10.4. The maximum absolute atomic E-state index is 12.1. The molecule has 22 heavy (non-hydrogen) atoms. The van der Waals surface area contributed by atoms with Crippen molar-refractivity contribution in [3.8, 4) is 0 Å². The number of hydrogen-bond donors (Lipinski definition) is 2. The molecule has 4 N–H and O–H groups in total. The topological polar surface area (TPSA) is 123 Å². The second-order valence-corrected chi connectivity index (χ2v) is 4.43. The number of carbonyl (C=O) groups is 2. The summed E-state index contributed by atoms with van der Waals surface area (Å²) < 4.78 is 22.4. The SMILES string of the molecule is CCOC(CCC(N)=O)(OCC)C(OCC)(OCC)C(N)=O. The third-order valence-corrected chi connectivity index (χ3v) is 2.98. The number of primary amides is 2. The van der Waals surface area contributed by atoms with Gasteiger partial charge in [-0.2, -0.15) is 0 Å². The number of hydrogen-bond acceptors (Lipinski definition) is 6. The van der Waals surface area contributed by atoms with Gasteiger partial charge in [0.2, 0.25) is 11.7 Å². The van der Waals surface area contributed by atoms with Crippen molar-refractivity contribution in [2.24, 2.45) is 11.5 Å². The van der Waals surface area contributed by atoms with Crippen molar-refractivity contribution < 1.29 is 28.5 Å². The van der Waals surface area contributed by atoms with Crippen molar-refractivity contribution in [3.05, 3.63) is 0 Å². The Morgan fingerprint density at radius 1 is 0.818 bits per heavy atom. The van der Waals surface area contributed by atoms with Gasteiger partial charge in [0.25, 0.3) is 5.91 Å². The third kappa shape index (κ3) is 4.64. The van der Waals surface area contributed by atoms with E-state index in [1.165, 1.54) is 0 Å². The second kappa shape index (κ2) is 9.73. The molecule has 8 nitrogen and oxygen atoms in total. The maximum atomic E-state index is 12.1. The normalized spacial score (nSPS) is 12.4. The summed E-state index contributed by atoms with van der Waals surface area (Å²) in [5.41, 5.74) is 10.7. The molecule has 0 aliphatic heterocycles. The van der Waals surface area contributed by atoms with E-state index >= 15 is 0 Å². The van der Waals surface area contributed by atoms with Gasteiger partial charge in [0.15, 0.2) is 0 Å². The molecule has 0 rings (SSSR count). The first-order valence-electron chi connectivity index (χ1n) is 7.49. The van der Waals surface area contributed by atoms with Gasteiger partial charge in [-0.15, -0.1) is 0 Å². The van der Waals surface area contributed by atoms with Gasteiger partial charge in [0.1, 0.15) is 0 Å². The van der Waals surface area contributed by atoms with E-state index in [0.717, 1.165) is 0 Å². The molecule has 0 unspecified atom stereocenters. The summed E-state index contributed by atoms with van der Waals surface area (Å²) in [6, 6.07) is 0. The Labute approximate surface area is 131 Å². The fourth-order valence-corrected chi connectivity index (χ4v) is 2.29. The Bertz CT molecular complexity index is 349. The van der Waals surface area contributed by atoms with Gasteiger partial charge < -0.3 is 30.4 Å². The van der Waals surface area contributed by atoms with Gasteiger partial charge in [-0.25, -0.2) is 0 Å². The van der Waals surface area contributed by atoms with Crippen LogP contribution in [0.2, 0.25) is 0 Å². The fourth-order valence-electron chi connectivity index (χ4n) is 2.29. The van der Waals surface area contributed by atoms with Crippen molar-refractivity contribution >= 4 is 11.8 Å². The van der Waals surface area contributed by atoms with Crippen LogP contribution in [0.5, 0.6) is 0 Å². The van der Waals surface area contributed by atoms with Crippen molar-refractivity contribution in [3.63, 3.8) is 0 Å². The van der Waals surface area contributed by atoms with E-state index in [1.54, 1.807) is 27.7 Å². The Kier molecular flexibility index (Phi) is 9.19. The molecular formula is C14H28N2O6. The number of nitrogens with two attached hydrogens (primary N) is 2. The van der Waals surface area contributed by atoms with E-state index in [0.29, 0.717) is 0 Å². The predicted molar refractivity (Wildman–Crippen MR) is 79.6 cm³/mol. The number of amides is 2. The molecule has 0 spiro atoms. The molecule has 0 aromatic rings. The molecule has 0 atom stereocenters. The lowest BCUT2D eigenvalue weighted by Gasteiger charge is -2.45. The lowest BCUT2D eigenvalue weighted by Crippen LogP contribution is -2.67. The van der Waals surface area contributed by atoms with Crippen LogP contribution in [0.3, 0.4) is 0 Å². The molecule has 0 aliphatic rings. The maximum Gasteiger partial charge on any atom is 0.305 e. The summed E-state index contributed by atoms with van der Waals surface area (Å²) in [6.07, 6.45) is -0.0951. The van der Waals surface area contributed by atoms with E-state index in [1.807, 2.05) is 0 Å². The van der Waals surface area contributed by atoms with Crippen LogP contribution in [-0.4, -0.2) is 49.8 Å². The second-order valence-electron chi connectivity index (χ2n) is 4.43. The molecular weight excluding hydrogens is 292 g/mol. The summed E-state index contributed by atoms with van der Waals surface area (Å²) in [5, 5.41) is 0. The quantitative estimate of drug-likeness (QED) is 0.470. The molecule has 0 radical (unpaired) electrons. The number of ether oxygens (including phenoxy) is 4. The molecule has 0 aromatic carbocycles. The van der Waals surface area contributed by atoms with E-state index in [-0.39, 0.29) is 39.3 Å². The fraction of sp³-hybridized carbons (Fsp3) is 0.857. The molecule has 0 saturated heterocycles. The zero-order valence-electron chi connectivity index (χ0n) is 13.8. The van der Waals surface area contributed by atoms with Gasteiger partial charge in [-0.05, 0) is 27.7 Å². The monoisotopic (exact) mass is 320 g/mol. The minimum absolute atomic E-state index is 0.0209. The molecule has 130 valence electrons. The Balaban J connectivity index is 5.95. The minimum Gasteiger partial charge on any atom is -0.370 e. The average molecular weight is 320 g/mol. The van der Waals surface area contributed by atoms with Gasteiger partial charge in [-0.3, -0.25) is 9.59 Å². The van der Waals surface area contributed by atoms with Crippen molar-refractivity contribution in [1.29, 1.82) is 0 Å². The van der Waals surface area contributed by atoms with Crippen LogP contribution in [0.1, 0.15) is 40.5 Å². The highest BCUT2D eigenvalue weighted by molar-refractivity contribution is 5.83. The van der Waals surface area contributed by atoms with E-state index < -0.39 is 23.4 Å². The number of rotatable bonds is 13. The van der Waals surface area contributed by atoms with Crippen LogP contribution in [0.4, 0.5) is 0 Å². The van der Waals surface area contributed by atoms with Gasteiger partial charge in [0, 0.05) is 39.3 Å². The largest absolute Gasteiger partial charge is 0.370 e. The molecule has 2 amide bonds. The smallest absolute Gasteiger partial charge is 0.305 e. The summed E-state index contributed by atoms with van der Waals surface area (Å²) in [4.78, 5) is 23.3. The summed E-state index contributed by atoms with van der Waals surface area (Å²) in [7, 11) is 0. The van der Waals surface area contributed by atoms with E-state index in [2.05, 4.69) is 0 Å². The van der Waals surface area contributed by atoms with Crippen LogP contribution in [-0.2, 0) is 28.5 Å². The summed E-state index contributed by atoms with van der Waals surface area (Å²) in [5.74, 6) is -5.06. The Hall–Kier alpha value is -1.22. The molecule has 8 heteroatoms. The van der Waals surface area contributed by atoms with Crippen LogP contribution in [0.15, 0.2) is 0 Å². The van der Waals surface area contributed by atoms with Crippen LogP contribution >= 0.6 is 0 Å². The Morgan fingerprint density at radius 3 is 1.50 bits per heavy atom. The zero-order chi connectivity index (χ0) is 17.2. The number of carbonyl (C=O) groups excluding carboxylic acids is 2. The predicted octanol–water partition coefficient (Wildman–Crippen LogP) is 0.276. The molecule has 0 fully saturated rings. The van der Waals surface area contributed by atoms with Gasteiger partial charge >= 0.3 is 5.79 Å². The van der Waals surface area contributed by atoms with Gasteiger partial charge in [-0.1, -0.05) is 0 Å². The highest BCUT2D eigenvalue weighted by Gasteiger charge is 2.61. The minimum atomic E-state index is -1.96. The van der Waals surface area contributed by atoms with E-state index in [9.17, 15) is 9.59 Å².